The highest BCUT2D eigenvalue weighted by atomic mass is 16.5. The van der Waals surface area contributed by atoms with Gasteiger partial charge in [-0.25, -0.2) is 0 Å². The average molecular weight is 240 g/mol. The van der Waals surface area contributed by atoms with Crippen molar-refractivity contribution in [2.24, 2.45) is 0 Å². The Morgan fingerprint density at radius 2 is 1.72 bits per heavy atom. The van der Waals surface area contributed by atoms with Crippen LogP contribution in [0.2, 0.25) is 0 Å². The van der Waals surface area contributed by atoms with E-state index in [4.69, 9.17) is 4.74 Å². The van der Waals surface area contributed by atoms with Crippen molar-refractivity contribution in [3.63, 3.8) is 0 Å². The minimum absolute atomic E-state index is 0.636. The maximum Gasteiger partial charge on any atom is 0.122 e. The summed E-state index contributed by atoms with van der Waals surface area (Å²) in [5.74, 6) is 1.00. The highest BCUT2D eigenvalue weighted by Gasteiger charge is 2.04. The summed E-state index contributed by atoms with van der Waals surface area (Å²) in [5, 5.41) is 0. The van der Waals surface area contributed by atoms with E-state index >= 15 is 0 Å². The Bertz CT molecular complexity index is 488. The maximum absolute atomic E-state index is 5.91. The maximum atomic E-state index is 5.91. The van der Waals surface area contributed by atoms with E-state index in [1.54, 1.807) is 0 Å². The Hall–Kier alpha value is -1.76. The first-order valence-electron chi connectivity index (χ1n) is 6.56. The molecule has 0 aliphatic heterocycles. The van der Waals surface area contributed by atoms with Crippen molar-refractivity contribution < 1.29 is 4.74 Å². The molecule has 0 radical (unpaired) electrons. The van der Waals surface area contributed by atoms with Crippen LogP contribution >= 0.6 is 0 Å². The van der Waals surface area contributed by atoms with Gasteiger partial charge in [0.05, 0.1) is 0 Å². The Balaban J connectivity index is 2.08. The topological polar surface area (TPSA) is 9.23 Å². The summed E-state index contributed by atoms with van der Waals surface area (Å²) in [6.45, 7) is 4.99. The highest BCUT2D eigenvalue weighted by molar-refractivity contribution is 5.39. The molecule has 0 bridgehead atoms. The molecule has 1 nitrogen and oxygen atoms in total. The number of hydrogen-bond donors (Lipinski definition) is 0. The molecule has 2 aromatic rings. The quantitative estimate of drug-likeness (QED) is 0.746. The van der Waals surface area contributed by atoms with Crippen molar-refractivity contribution >= 4 is 0 Å². The lowest BCUT2D eigenvalue weighted by molar-refractivity contribution is 0.303. The van der Waals surface area contributed by atoms with Crippen molar-refractivity contribution in [1.82, 2.24) is 0 Å². The van der Waals surface area contributed by atoms with E-state index in [9.17, 15) is 0 Å². The van der Waals surface area contributed by atoms with Crippen LogP contribution in [0.15, 0.2) is 48.5 Å². The summed E-state index contributed by atoms with van der Waals surface area (Å²) in [7, 11) is 0. The van der Waals surface area contributed by atoms with Gasteiger partial charge < -0.3 is 4.74 Å². The van der Waals surface area contributed by atoms with Gasteiger partial charge in [0.1, 0.15) is 12.4 Å². The molecule has 0 N–H and O–H groups in total. The molecule has 0 saturated carbocycles. The van der Waals surface area contributed by atoms with Crippen LogP contribution in [-0.2, 0) is 13.0 Å². The second-order valence-electron chi connectivity index (χ2n) is 4.56. The molecule has 0 aromatic heterocycles. The zero-order valence-electron chi connectivity index (χ0n) is 11.1. The molecule has 2 aromatic carbocycles. The largest absolute Gasteiger partial charge is 0.489 e. The lowest BCUT2D eigenvalue weighted by Gasteiger charge is -2.12. The van der Waals surface area contributed by atoms with E-state index in [-0.39, 0.29) is 0 Å². The average Bonchev–Trinajstić information content (AvgIpc) is 2.41. The fourth-order valence-electron chi connectivity index (χ4n) is 2.09. The summed E-state index contributed by atoms with van der Waals surface area (Å²) >= 11 is 0. The molecule has 0 spiro atoms. The molecule has 94 valence electrons. The molecule has 0 atom stereocenters. The molecule has 2 rings (SSSR count). The first-order valence-corrected chi connectivity index (χ1v) is 6.56. The standard InChI is InChI=1S/C17H20O/c1-3-8-16-11-7-12-17(14(16)2)18-13-15-9-5-4-6-10-15/h4-7,9-12H,3,8,13H2,1-2H3. The van der Waals surface area contributed by atoms with Crippen LogP contribution < -0.4 is 4.74 Å². The lowest BCUT2D eigenvalue weighted by Crippen LogP contribution is -1.99. The van der Waals surface area contributed by atoms with Crippen LogP contribution in [0.3, 0.4) is 0 Å². The smallest absolute Gasteiger partial charge is 0.122 e. The molecule has 18 heavy (non-hydrogen) atoms. The third-order valence-electron chi connectivity index (χ3n) is 3.15. The van der Waals surface area contributed by atoms with Gasteiger partial charge >= 0.3 is 0 Å². The first kappa shape index (κ1) is 12.7. The monoisotopic (exact) mass is 240 g/mol. The zero-order valence-corrected chi connectivity index (χ0v) is 11.1. The van der Waals surface area contributed by atoms with E-state index in [2.05, 4.69) is 44.2 Å². The first-order chi connectivity index (χ1) is 8.81. The summed E-state index contributed by atoms with van der Waals surface area (Å²) in [6, 6.07) is 16.6. The Morgan fingerprint density at radius 3 is 2.44 bits per heavy atom. The van der Waals surface area contributed by atoms with E-state index in [0.29, 0.717) is 6.61 Å². The van der Waals surface area contributed by atoms with Gasteiger partial charge in [-0.1, -0.05) is 55.8 Å². The Labute approximate surface area is 109 Å². The third kappa shape index (κ3) is 3.13. The van der Waals surface area contributed by atoms with Crippen molar-refractivity contribution in [1.29, 1.82) is 0 Å². The summed E-state index contributed by atoms with van der Waals surface area (Å²) in [4.78, 5) is 0. The minimum atomic E-state index is 0.636. The summed E-state index contributed by atoms with van der Waals surface area (Å²) < 4.78 is 5.91. The molecule has 0 saturated heterocycles. The van der Waals surface area contributed by atoms with Gasteiger partial charge in [0, 0.05) is 0 Å². The summed E-state index contributed by atoms with van der Waals surface area (Å²) in [6.07, 6.45) is 2.29. The Kier molecular flexibility index (Phi) is 4.40. The highest BCUT2D eigenvalue weighted by Crippen LogP contribution is 2.23. The van der Waals surface area contributed by atoms with Gasteiger partial charge in [0.2, 0.25) is 0 Å². The molecule has 0 aliphatic rings. The van der Waals surface area contributed by atoms with Gasteiger partial charge in [0.15, 0.2) is 0 Å². The van der Waals surface area contributed by atoms with Crippen molar-refractivity contribution in [3.8, 4) is 5.75 Å². The van der Waals surface area contributed by atoms with Crippen LogP contribution in [0.4, 0.5) is 0 Å². The van der Waals surface area contributed by atoms with Crippen molar-refractivity contribution in [2.75, 3.05) is 0 Å². The van der Waals surface area contributed by atoms with Gasteiger partial charge in [-0.2, -0.15) is 0 Å². The summed E-state index contributed by atoms with van der Waals surface area (Å²) in [5.41, 5.74) is 3.87. The number of aryl methyl sites for hydroxylation is 1. The molecule has 0 heterocycles. The van der Waals surface area contributed by atoms with Crippen LogP contribution in [0.5, 0.6) is 5.75 Å². The second kappa shape index (κ2) is 6.25. The van der Waals surface area contributed by atoms with Crippen LogP contribution in [-0.4, -0.2) is 0 Å². The molecule has 0 fully saturated rings. The molecular formula is C17H20O. The molecule has 0 unspecified atom stereocenters. The van der Waals surface area contributed by atoms with Gasteiger partial charge in [-0.05, 0) is 36.1 Å². The SMILES string of the molecule is CCCc1cccc(OCc2ccccc2)c1C. The van der Waals surface area contributed by atoms with Gasteiger partial charge in [-0.3, -0.25) is 0 Å². The van der Waals surface area contributed by atoms with Crippen LogP contribution in [0, 0.1) is 6.92 Å². The predicted octanol–water partition coefficient (Wildman–Crippen LogP) is 4.53. The lowest BCUT2D eigenvalue weighted by atomic mass is 10.0. The third-order valence-corrected chi connectivity index (χ3v) is 3.15. The van der Waals surface area contributed by atoms with E-state index < -0.39 is 0 Å². The predicted molar refractivity (Wildman–Crippen MR) is 75.9 cm³/mol. The molecule has 0 amide bonds. The van der Waals surface area contributed by atoms with Crippen molar-refractivity contribution in [2.45, 2.75) is 33.3 Å². The van der Waals surface area contributed by atoms with Crippen LogP contribution in [0.1, 0.15) is 30.0 Å². The number of hydrogen-bond acceptors (Lipinski definition) is 1. The van der Waals surface area contributed by atoms with Crippen molar-refractivity contribution in [3.05, 3.63) is 65.2 Å². The molecular weight excluding hydrogens is 220 g/mol. The number of rotatable bonds is 5. The second-order valence-corrected chi connectivity index (χ2v) is 4.56. The van der Waals surface area contributed by atoms with Gasteiger partial charge in [-0.15, -0.1) is 0 Å². The number of ether oxygens (including phenoxy) is 1. The normalized spacial score (nSPS) is 10.3. The minimum Gasteiger partial charge on any atom is -0.489 e. The van der Waals surface area contributed by atoms with E-state index in [1.165, 1.54) is 23.1 Å². The van der Waals surface area contributed by atoms with E-state index in [0.717, 1.165) is 12.2 Å². The molecule has 1 heteroatoms. The number of benzene rings is 2. The Morgan fingerprint density at radius 1 is 0.944 bits per heavy atom. The van der Waals surface area contributed by atoms with Gasteiger partial charge in [0.25, 0.3) is 0 Å². The van der Waals surface area contributed by atoms with E-state index in [1.807, 2.05) is 18.2 Å². The zero-order chi connectivity index (χ0) is 12.8. The fourth-order valence-corrected chi connectivity index (χ4v) is 2.09. The fraction of sp³-hybridized carbons (Fsp3) is 0.294. The van der Waals surface area contributed by atoms with Crippen LogP contribution in [0.25, 0.3) is 0 Å². The molecule has 0 aliphatic carbocycles.